The highest BCUT2D eigenvalue weighted by atomic mass is 16.5. The van der Waals surface area contributed by atoms with Crippen molar-refractivity contribution in [2.24, 2.45) is 0 Å². The van der Waals surface area contributed by atoms with Crippen LogP contribution in [-0.4, -0.2) is 33.8 Å². The first-order valence-corrected chi connectivity index (χ1v) is 7.92. The maximum absolute atomic E-state index is 11.7. The Morgan fingerprint density at radius 1 is 1.39 bits per heavy atom. The molecule has 1 heterocycles. The molecule has 1 aromatic heterocycles. The monoisotopic (exact) mass is 317 g/mol. The van der Waals surface area contributed by atoms with Crippen LogP contribution < -0.4 is 5.32 Å². The maximum Gasteiger partial charge on any atom is 0.226 e. The van der Waals surface area contributed by atoms with Gasteiger partial charge in [0.25, 0.3) is 0 Å². The van der Waals surface area contributed by atoms with Gasteiger partial charge in [-0.05, 0) is 25.3 Å². The van der Waals surface area contributed by atoms with E-state index in [9.17, 15) is 4.79 Å². The molecule has 0 bridgehead atoms. The molecular formula is C17H23N3O3. The molecule has 2 N–H and O–H groups in total. The molecule has 0 saturated carbocycles. The molecule has 0 fully saturated rings. The van der Waals surface area contributed by atoms with Crippen LogP contribution in [0.15, 0.2) is 28.8 Å². The molecule has 124 valence electrons. The lowest BCUT2D eigenvalue weighted by Crippen LogP contribution is -2.36. The number of aliphatic hydroxyl groups is 1. The van der Waals surface area contributed by atoms with Crippen LogP contribution >= 0.6 is 0 Å². The number of carbonyl (C=O) groups is 1. The standard InChI is InChI=1S/C17H23N3O3/c1-3-13(11-21)18-15(22)9-6-10-16-19-17(20-23-16)14-8-5-4-7-12(14)2/h4-5,7-8,13,21H,3,6,9-11H2,1-2H3,(H,18,22)/t13-/m0/s1. The summed E-state index contributed by atoms with van der Waals surface area (Å²) >= 11 is 0. The molecule has 0 aliphatic carbocycles. The molecule has 2 aromatic rings. The molecule has 0 unspecified atom stereocenters. The van der Waals surface area contributed by atoms with Crippen LogP contribution in [0, 0.1) is 6.92 Å². The third-order valence-electron chi connectivity index (χ3n) is 3.73. The maximum atomic E-state index is 11.7. The van der Waals surface area contributed by atoms with E-state index in [1.165, 1.54) is 0 Å². The van der Waals surface area contributed by atoms with Crippen molar-refractivity contribution >= 4 is 5.91 Å². The molecule has 1 atom stereocenters. The highest BCUT2D eigenvalue weighted by Crippen LogP contribution is 2.20. The third-order valence-corrected chi connectivity index (χ3v) is 3.73. The van der Waals surface area contributed by atoms with Crippen LogP contribution in [0.4, 0.5) is 0 Å². The van der Waals surface area contributed by atoms with E-state index in [4.69, 9.17) is 9.63 Å². The summed E-state index contributed by atoms with van der Waals surface area (Å²) in [6.07, 6.45) is 2.27. The van der Waals surface area contributed by atoms with Gasteiger partial charge in [-0.1, -0.05) is 36.3 Å². The third kappa shape index (κ3) is 4.89. The molecule has 0 aliphatic rings. The summed E-state index contributed by atoms with van der Waals surface area (Å²) in [6, 6.07) is 7.69. The quantitative estimate of drug-likeness (QED) is 0.779. The highest BCUT2D eigenvalue weighted by Gasteiger charge is 2.12. The zero-order chi connectivity index (χ0) is 16.7. The number of aromatic nitrogens is 2. The molecule has 0 aliphatic heterocycles. The predicted octanol–water partition coefficient (Wildman–Crippen LogP) is 2.25. The van der Waals surface area contributed by atoms with Gasteiger partial charge in [-0.25, -0.2) is 0 Å². The fraction of sp³-hybridized carbons (Fsp3) is 0.471. The highest BCUT2D eigenvalue weighted by molar-refractivity contribution is 5.76. The molecule has 0 saturated heterocycles. The van der Waals surface area contributed by atoms with Crippen molar-refractivity contribution < 1.29 is 14.4 Å². The number of rotatable bonds is 8. The summed E-state index contributed by atoms with van der Waals surface area (Å²) in [6.45, 7) is 3.89. The lowest BCUT2D eigenvalue weighted by Gasteiger charge is -2.13. The topological polar surface area (TPSA) is 88.2 Å². The Morgan fingerprint density at radius 3 is 2.87 bits per heavy atom. The number of nitrogens with zero attached hydrogens (tertiary/aromatic N) is 2. The van der Waals surface area contributed by atoms with Gasteiger partial charge >= 0.3 is 0 Å². The summed E-state index contributed by atoms with van der Waals surface area (Å²) in [5.74, 6) is 1.05. The Kier molecular flexibility index (Phi) is 6.29. The van der Waals surface area contributed by atoms with Crippen LogP contribution in [0.2, 0.25) is 0 Å². The van der Waals surface area contributed by atoms with Crippen molar-refractivity contribution in [2.75, 3.05) is 6.61 Å². The number of aryl methyl sites for hydroxylation is 2. The Morgan fingerprint density at radius 2 is 2.17 bits per heavy atom. The van der Waals surface area contributed by atoms with E-state index in [0.717, 1.165) is 11.1 Å². The Hall–Kier alpha value is -2.21. The number of nitrogens with one attached hydrogen (secondary N) is 1. The number of hydrogen-bond acceptors (Lipinski definition) is 5. The average molecular weight is 317 g/mol. The molecular weight excluding hydrogens is 294 g/mol. The van der Waals surface area contributed by atoms with E-state index < -0.39 is 0 Å². The van der Waals surface area contributed by atoms with Gasteiger partial charge in [-0.2, -0.15) is 4.98 Å². The minimum Gasteiger partial charge on any atom is -0.394 e. The molecule has 1 aromatic carbocycles. The molecule has 0 radical (unpaired) electrons. The van der Waals surface area contributed by atoms with E-state index in [2.05, 4.69) is 15.5 Å². The number of benzene rings is 1. The van der Waals surface area contributed by atoms with Crippen molar-refractivity contribution in [3.05, 3.63) is 35.7 Å². The van der Waals surface area contributed by atoms with Crippen molar-refractivity contribution in [1.29, 1.82) is 0 Å². The van der Waals surface area contributed by atoms with Gasteiger partial charge in [0, 0.05) is 18.4 Å². The van der Waals surface area contributed by atoms with Crippen LogP contribution in [0.3, 0.4) is 0 Å². The van der Waals surface area contributed by atoms with E-state index in [-0.39, 0.29) is 18.6 Å². The summed E-state index contributed by atoms with van der Waals surface area (Å²) in [7, 11) is 0. The average Bonchev–Trinajstić information content (AvgIpc) is 3.01. The van der Waals surface area contributed by atoms with E-state index in [1.807, 2.05) is 38.1 Å². The molecule has 23 heavy (non-hydrogen) atoms. The first-order chi connectivity index (χ1) is 11.1. The largest absolute Gasteiger partial charge is 0.394 e. The second-order valence-electron chi connectivity index (χ2n) is 5.54. The van der Waals surface area contributed by atoms with Crippen molar-refractivity contribution in [2.45, 2.75) is 45.6 Å². The van der Waals surface area contributed by atoms with E-state index in [1.54, 1.807) is 0 Å². The van der Waals surface area contributed by atoms with Crippen molar-refractivity contribution in [1.82, 2.24) is 15.5 Å². The van der Waals surface area contributed by atoms with Crippen molar-refractivity contribution in [3.8, 4) is 11.4 Å². The second kappa shape index (κ2) is 8.43. The summed E-state index contributed by atoms with van der Waals surface area (Å²) < 4.78 is 5.25. The molecule has 2 rings (SSSR count). The normalized spacial score (nSPS) is 12.1. The fourth-order valence-corrected chi connectivity index (χ4v) is 2.27. The van der Waals surface area contributed by atoms with Crippen LogP contribution in [0.5, 0.6) is 0 Å². The summed E-state index contributed by atoms with van der Waals surface area (Å²) in [4.78, 5) is 16.1. The Balaban J connectivity index is 1.84. The smallest absolute Gasteiger partial charge is 0.226 e. The predicted molar refractivity (Wildman–Crippen MR) is 86.7 cm³/mol. The molecule has 6 heteroatoms. The molecule has 0 spiro atoms. The van der Waals surface area contributed by atoms with Crippen LogP contribution in [0.25, 0.3) is 11.4 Å². The summed E-state index contributed by atoms with van der Waals surface area (Å²) in [5.41, 5.74) is 2.04. The van der Waals surface area contributed by atoms with Crippen LogP contribution in [0.1, 0.15) is 37.6 Å². The zero-order valence-corrected chi connectivity index (χ0v) is 13.6. The first kappa shape index (κ1) is 17.1. The zero-order valence-electron chi connectivity index (χ0n) is 13.6. The van der Waals surface area contributed by atoms with Gasteiger partial charge in [0.2, 0.25) is 17.6 Å². The SMILES string of the molecule is CC[C@@H](CO)NC(=O)CCCc1nc(-c2ccccc2C)no1. The lowest BCUT2D eigenvalue weighted by molar-refractivity contribution is -0.122. The molecule has 1 amide bonds. The van der Waals surface area contributed by atoms with Gasteiger partial charge < -0.3 is 14.9 Å². The fourth-order valence-electron chi connectivity index (χ4n) is 2.27. The van der Waals surface area contributed by atoms with Gasteiger partial charge in [0.15, 0.2) is 0 Å². The summed E-state index contributed by atoms with van der Waals surface area (Å²) in [5, 5.41) is 15.8. The van der Waals surface area contributed by atoms with Crippen molar-refractivity contribution in [3.63, 3.8) is 0 Å². The first-order valence-electron chi connectivity index (χ1n) is 7.92. The number of aliphatic hydroxyl groups excluding tert-OH is 1. The van der Waals surface area contributed by atoms with Crippen LogP contribution in [-0.2, 0) is 11.2 Å². The minimum atomic E-state index is -0.168. The van der Waals surface area contributed by atoms with Gasteiger partial charge in [0.05, 0.1) is 12.6 Å². The second-order valence-corrected chi connectivity index (χ2v) is 5.54. The Bertz CT molecular complexity index is 636. The number of carbonyl (C=O) groups excluding carboxylic acids is 1. The van der Waals surface area contributed by atoms with Gasteiger partial charge in [-0.3, -0.25) is 4.79 Å². The van der Waals surface area contributed by atoms with Gasteiger partial charge in [0.1, 0.15) is 0 Å². The lowest BCUT2D eigenvalue weighted by atomic mass is 10.1. The molecule has 6 nitrogen and oxygen atoms in total. The van der Waals surface area contributed by atoms with E-state index in [0.29, 0.717) is 37.4 Å². The number of amides is 1. The number of hydrogen-bond donors (Lipinski definition) is 2. The minimum absolute atomic E-state index is 0.0360. The van der Waals surface area contributed by atoms with Gasteiger partial charge in [-0.15, -0.1) is 0 Å². The Labute approximate surface area is 135 Å². The van der Waals surface area contributed by atoms with E-state index >= 15 is 0 Å².